The third kappa shape index (κ3) is 5.32. The molecule has 0 aliphatic carbocycles. The van der Waals surface area contributed by atoms with Crippen LogP contribution in [0, 0.1) is 0 Å². The number of aliphatic carboxylic acids is 1. The molecule has 1 aromatic rings. The highest BCUT2D eigenvalue weighted by molar-refractivity contribution is 7.89. The minimum atomic E-state index is -3.47. The number of rotatable bonds is 8. The molecule has 0 aliphatic rings. The summed E-state index contributed by atoms with van der Waals surface area (Å²) in [5, 5.41) is 8.54. The Morgan fingerprint density at radius 1 is 1.24 bits per heavy atom. The van der Waals surface area contributed by atoms with Gasteiger partial charge in [0.15, 0.2) is 0 Å². The summed E-state index contributed by atoms with van der Waals surface area (Å²) in [7, 11) is -1.90. The number of nitrogens with zero attached hydrogens (tertiary/aromatic N) is 1. The van der Waals surface area contributed by atoms with E-state index < -0.39 is 16.0 Å². The van der Waals surface area contributed by atoms with E-state index in [9.17, 15) is 13.2 Å². The molecule has 0 amide bonds. The van der Waals surface area contributed by atoms with Crippen molar-refractivity contribution in [3.8, 4) is 0 Å². The van der Waals surface area contributed by atoms with E-state index in [4.69, 9.17) is 5.11 Å². The molecule has 0 aliphatic heterocycles. The summed E-state index contributed by atoms with van der Waals surface area (Å²) in [6.07, 6.45) is 5.31. The van der Waals surface area contributed by atoms with Gasteiger partial charge in [0.25, 0.3) is 0 Å². The van der Waals surface area contributed by atoms with Crippen LogP contribution in [0.3, 0.4) is 0 Å². The Bertz CT molecular complexity index is 591. The molecule has 0 saturated carbocycles. The van der Waals surface area contributed by atoms with Crippen LogP contribution in [0.5, 0.6) is 0 Å². The number of unbranched alkanes of at least 4 members (excludes halogenated alkanes) is 2. The van der Waals surface area contributed by atoms with Crippen LogP contribution in [0.4, 0.5) is 0 Å². The second-order valence-corrected chi connectivity index (χ2v) is 6.82. The first kappa shape index (κ1) is 17.4. The molecule has 1 aromatic carbocycles. The third-order valence-electron chi connectivity index (χ3n) is 3.08. The van der Waals surface area contributed by atoms with Crippen LogP contribution in [0.1, 0.15) is 31.7 Å². The van der Waals surface area contributed by atoms with Gasteiger partial charge in [-0.05, 0) is 30.2 Å². The van der Waals surface area contributed by atoms with Gasteiger partial charge in [-0.2, -0.15) is 0 Å². The molecule has 1 rings (SSSR count). The zero-order valence-electron chi connectivity index (χ0n) is 12.3. The van der Waals surface area contributed by atoms with Crippen LogP contribution < -0.4 is 0 Å². The number of benzene rings is 1. The van der Waals surface area contributed by atoms with Gasteiger partial charge in [0, 0.05) is 19.7 Å². The van der Waals surface area contributed by atoms with Crippen molar-refractivity contribution < 1.29 is 18.3 Å². The van der Waals surface area contributed by atoms with E-state index in [0.717, 1.165) is 25.3 Å². The van der Waals surface area contributed by atoms with Crippen molar-refractivity contribution >= 4 is 22.1 Å². The summed E-state index contributed by atoms with van der Waals surface area (Å²) >= 11 is 0. The first-order valence-corrected chi connectivity index (χ1v) is 8.29. The number of hydrogen-bond donors (Lipinski definition) is 1. The summed E-state index contributed by atoms with van der Waals surface area (Å²) in [5.41, 5.74) is 0.644. The lowest BCUT2D eigenvalue weighted by Gasteiger charge is -2.17. The molecule has 0 unspecified atom stereocenters. The smallest absolute Gasteiger partial charge is 0.328 e. The average Bonchev–Trinajstić information content (AvgIpc) is 2.45. The van der Waals surface area contributed by atoms with Crippen LogP contribution in [-0.2, 0) is 14.8 Å². The predicted molar refractivity (Wildman–Crippen MR) is 82.5 cm³/mol. The van der Waals surface area contributed by atoms with Crippen molar-refractivity contribution in [1.82, 2.24) is 4.31 Å². The lowest BCUT2D eigenvalue weighted by Crippen LogP contribution is -2.27. The highest BCUT2D eigenvalue weighted by Gasteiger charge is 2.19. The predicted octanol–water partition coefficient (Wildman–Crippen LogP) is 2.60. The van der Waals surface area contributed by atoms with E-state index in [-0.39, 0.29) is 4.90 Å². The van der Waals surface area contributed by atoms with E-state index in [1.807, 2.05) is 0 Å². The summed E-state index contributed by atoms with van der Waals surface area (Å²) in [6.45, 7) is 2.56. The van der Waals surface area contributed by atoms with Gasteiger partial charge in [-0.15, -0.1) is 0 Å². The van der Waals surface area contributed by atoms with Crippen LogP contribution in [0.15, 0.2) is 35.2 Å². The molecule has 5 nitrogen and oxygen atoms in total. The molecule has 6 heteroatoms. The van der Waals surface area contributed by atoms with Crippen molar-refractivity contribution in [2.24, 2.45) is 0 Å². The lowest BCUT2D eigenvalue weighted by atomic mass is 10.2. The SMILES string of the molecule is CCCCCN(C)S(=O)(=O)c1ccc(/C=C/C(=O)O)cc1. The van der Waals surface area contributed by atoms with Crippen LogP contribution in [0.2, 0.25) is 0 Å². The summed E-state index contributed by atoms with van der Waals surface area (Å²) < 4.78 is 26.0. The maximum atomic E-state index is 12.3. The Hall–Kier alpha value is -1.66. The van der Waals surface area contributed by atoms with Crippen molar-refractivity contribution in [3.05, 3.63) is 35.9 Å². The Kier molecular flexibility index (Phi) is 6.58. The second-order valence-electron chi connectivity index (χ2n) is 4.77. The molecule has 116 valence electrons. The van der Waals surface area contributed by atoms with Crippen LogP contribution >= 0.6 is 0 Å². The zero-order valence-corrected chi connectivity index (χ0v) is 13.1. The molecule has 21 heavy (non-hydrogen) atoms. The molecule has 0 radical (unpaired) electrons. The van der Waals surface area contributed by atoms with E-state index in [0.29, 0.717) is 12.1 Å². The highest BCUT2D eigenvalue weighted by Crippen LogP contribution is 2.16. The molecule has 0 bridgehead atoms. The summed E-state index contributed by atoms with van der Waals surface area (Å²) in [5.74, 6) is -1.04. The normalized spacial score (nSPS) is 12.1. The first-order chi connectivity index (χ1) is 9.87. The largest absolute Gasteiger partial charge is 0.478 e. The topological polar surface area (TPSA) is 74.7 Å². The maximum Gasteiger partial charge on any atom is 0.328 e. The summed E-state index contributed by atoms with van der Waals surface area (Å²) in [4.78, 5) is 10.6. The van der Waals surface area contributed by atoms with E-state index in [1.54, 1.807) is 19.2 Å². The van der Waals surface area contributed by atoms with Crippen LogP contribution in [-0.4, -0.2) is 37.4 Å². The molecule has 0 saturated heterocycles. The Labute approximate surface area is 126 Å². The molecule has 1 N–H and O–H groups in total. The molecular formula is C15H21NO4S. The first-order valence-electron chi connectivity index (χ1n) is 6.85. The van der Waals surface area contributed by atoms with Crippen LogP contribution in [0.25, 0.3) is 6.08 Å². The van der Waals surface area contributed by atoms with E-state index in [1.165, 1.54) is 22.5 Å². The van der Waals surface area contributed by atoms with Crippen molar-refractivity contribution in [3.63, 3.8) is 0 Å². The van der Waals surface area contributed by atoms with Gasteiger partial charge in [0.05, 0.1) is 4.90 Å². The molecule has 0 fully saturated rings. The van der Waals surface area contributed by atoms with E-state index in [2.05, 4.69) is 6.92 Å². The number of carboxylic acid groups (broad SMARTS) is 1. The number of carbonyl (C=O) groups is 1. The molecule has 0 heterocycles. The van der Waals surface area contributed by atoms with E-state index >= 15 is 0 Å². The Balaban J connectivity index is 2.82. The molecular weight excluding hydrogens is 290 g/mol. The van der Waals surface area contributed by atoms with Crippen molar-refractivity contribution in [2.45, 2.75) is 31.1 Å². The Morgan fingerprint density at radius 2 is 1.86 bits per heavy atom. The van der Waals surface area contributed by atoms with Gasteiger partial charge in [0.1, 0.15) is 0 Å². The van der Waals surface area contributed by atoms with Gasteiger partial charge < -0.3 is 5.11 Å². The van der Waals surface area contributed by atoms with Gasteiger partial charge in [-0.1, -0.05) is 31.9 Å². The third-order valence-corrected chi connectivity index (χ3v) is 4.95. The maximum absolute atomic E-state index is 12.3. The lowest BCUT2D eigenvalue weighted by molar-refractivity contribution is -0.131. The fourth-order valence-corrected chi connectivity index (χ4v) is 3.01. The minimum Gasteiger partial charge on any atom is -0.478 e. The van der Waals surface area contributed by atoms with Gasteiger partial charge >= 0.3 is 5.97 Å². The highest BCUT2D eigenvalue weighted by atomic mass is 32.2. The van der Waals surface area contributed by atoms with Crippen molar-refractivity contribution in [1.29, 1.82) is 0 Å². The minimum absolute atomic E-state index is 0.217. The second kappa shape index (κ2) is 7.95. The van der Waals surface area contributed by atoms with Crippen molar-refractivity contribution in [2.75, 3.05) is 13.6 Å². The van der Waals surface area contributed by atoms with Gasteiger partial charge in [0.2, 0.25) is 10.0 Å². The number of sulfonamides is 1. The Morgan fingerprint density at radius 3 is 2.38 bits per heavy atom. The molecule has 0 atom stereocenters. The van der Waals surface area contributed by atoms with Gasteiger partial charge in [-0.25, -0.2) is 17.5 Å². The quantitative estimate of drug-likeness (QED) is 0.591. The fraction of sp³-hybridized carbons (Fsp3) is 0.400. The number of hydrogen-bond acceptors (Lipinski definition) is 3. The average molecular weight is 311 g/mol. The summed E-state index contributed by atoms with van der Waals surface area (Å²) in [6, 6.07) is 6.17. The molecule has 0 aromatic heterocycles. The number of carboxylic acids is 1. The standard InChI is InChI=1S/C15H21NO4S/c1-3-4-5-12-16(2)21(19,20)14-9-6-13(7-10-14)8-11-15(17)18/h6-11H,3-5,12H2,1-2H3,(H,17,18)/b11-8+. The fourth-order valence-electron chi connectivity index (χ4n) is 1.80. The van der Waals surface area contributed by atoms with Gasteiger partial charge in [-0.3, -0.25) is 0 Å². The molecule has 0 spiro atoms. The monoisotopic (exact) mass is 311 g/mol. The zero-order chi connectivity index (χ0) is 15.9.